The molecule has 1 aliphatic carbocycles. The fraction of sp³-hybridized carbons (Fsp3) is 0.611. The number of carbonyl (C=O) groups is 1. The molecule has 1 heterocycles. The second kappa shape index (κ2) is 5.88. The third kappa shape index (κ3) is 3.65. The fourth-order valence-corrected chi connectivity index (χ4v) is 3.62. The molecule has 120 valence electrons. The van der Waals surface area contributed by atoms with Gasteiger partial charge in [-0.05, 0) is 63.1 Å². The minimum Gasteiger partial charge on any atom is -0.444 e. The highest BCUT2D eigenvalue weighted by molar-refractivity contribution is 9.10. The minimum absolute atomic E-state index is 0.186. The Morgan fingerprint density at radius 1 is 1.23 bits per heavy atom. The van der Waals surface area contributed by atoms with E-state index in [1.54, 1.807) is 0 Å². The molecule has 1 unspecified atom stereocenters. The summed E-state index contributed by atoms with van der Waals surface area (Å²) < 4.78 is 6.70. The number of carbonyl (C=O) groups excluding carboxylic acids is 1. The predicted octanol–water partition coefficient (Wildman–Crippen LogP) is 5.05. The van der Waals surface area contributed by atoms with Gasteiger partial charge in [-0.1, -0.05) is 28.1 Å². The van der Waals surface area contributed by atoms with Gasteiger partial charge in [0.15, 0.2) is 0 Å². The highest BCUT2D eigenvalue weighted by Crippen LogP contribution is 2.44. The van der Waals surface area contributed by atoms with Crippen LogP contribution in [0.1, 0.15) is 63.0 Å². The van der Waals surface area contributed by atoms with Gasteiger partial charge in [-0.2, -0.15) is 0 Å². The van der Waals surface area contributed by atoms with Crippen LogP contribution in [0.15, 0.2) is 22.7 Å². The molecular formula is C18H24BrNO2. The van der Waals surface area contributed by atoms with E-state index in [-0.39, 0.29) is 6.09 Å². The molecule has 3 rings (SSSR count). The smallest absolute Gasteiger partial charge is 0.410 e. The molecule has 3 nitrogen and oxygen atoms in total. The molecule has 0 radical (unpaired) electrons. The lowest BCUT2D eigenvalue weighted by atomic mass is 9.95. The molecule has 1 aromatic rings. The average Bonchev–Trinajstić information content (AvgIpc) is 3.13. The van der Waals surface area contributed by atoms with Gasteiger partial charge in [-0.3, -0.25) is 0 Å². The predicted molar refractivity (Wildman–Crippen MR) is 91.3 cm³/mol. The molecule has 2 fully saturated rings. The fourth-order valence-electron chi connectivity index (χ4n) is 3.05. The average molecular weight is 366 g/mol. The summed E-state index contributed by atoms with van der Waals surface area (Å²) in [6.07, 6.45) is 3.44. The Morgan fingerprint density at radius 3 is 2.59 bits per heavy atom. The summed E-state index contributed by atoms with van der Waals surface area (Å²) in [7, 11) is 0. The molecule has 2 aliphatic rings. The van der Waals surface area contributed by atoms with Crippen LogP contribution in [0, 0.1) is 0 Å². The summed E-state index contributed by atoms with van der Waals surface area (Å²) in [6, 6.07) is 6.70. The summed E-state index contributed by atoms with van der Waals surface area (Å²) in [5.74, 6) is 1.16. The molecule has 0 spiro atoms. The van der Waals surface area contributed by atoms with Crippen molar-refractivity contribution >= 4 is 22.0 Å². The van der Waals surface area contributed by atoms with Gasteiger partial charge in [0.2, 0.25) is 0 Å². The van der Waals surface area contributed by atoms with Gasteiger partial charge in [-0.15, -0.1) is 0 Å². The molecule has 4 heteroatoms. The molecule has 1 aromatic carbocycles. The van der Waals surface area contributed by atoms with Crippen LogP contribution < -0.4 is 0 Å². The highest BCUT2D eigenvalue weighted by Gasteiger charge is 2.32. The van der Waals surface area contributed by atoms with Gasteiger partial charge in [0.1, 0.15) is 5.60 Å². The Hall–Kier alpha value is -1.03. The molecule has 1 saturated heterocycles. The lowest BCUT2D eigenvalue weighted by Gasteiger charge is -2.24. The van der Waals surface area contributed by atoms with Crippen molar-refractivity contribution in [2.24, 2.45) is 0 Å². The maximum absolute atomic E-state index is 12.2. The molecular weight excluding hydrogens is 342 g/mol. The van der Waals surface area contributed by atoms with Crippen LogP contribution in [0.2, 0.25) is 0 Å². The van der Waals surface area contributed by atoms with Crippen LogP contribution in [-0.2, 0) is 4.74 Å². The first-order valence-corrected chi connectivity index (χ1v) is 8.90. The number of rotatable bonds is 2. The van der Waals surface area contributed by atoms with E-state index in [2.05, 4.69) is 34.1 Å². The second-order valence-corrected chi connectivity index (χ2v) is 8.32. The molecule has 0 N–H and O–H groups in total. The highest BCUT2D eigenvalue weighted by atomic mass is 79.9. The van der Waals surface area contributed by atoms with Crippen molar-refractivity contribution in [1.82, 2.24) is 4.90 Å². The lowest BCUT2D eigenvalue weighted by Crippen LogP contribution is -2.35. The molecule has 0 bridgehead atoms. The van der Waals surface area contributed by atoms with Crippen LogP contribution in [-0.4, -0.2) is 29.7 Å². The number of benzene rings is 1. The van der Waals surface area contributed by atoms with E-state index in [1.807, 2.05) is 25.7 Å². The van der Waals surface area contributed by atoms with E-state index in [0.717, 1.165) is 25.4 Å². The van der Waals surface area contributed by atoms with E-state index in [4.69, 9.17) is 4.74 Å². The van der Waals surface area contributed by atoms with Crippen LogP contribution in [0.3, 0.4) is 0 Å². The zero-order valence-corrected chi connectivity index (χ0v) is 15.1. The van der Waals surface area contributed by atoms with E-state index in [9.17, 15) is 4.79 Å². The molecule has 1 atom stereocenters. The number of halogens is 1. The van der Waals surface area contributed by atoms with Gasteiger partial charge in [0, 0.05) is 23.5 Å². The third-order valence-corrected chi connectivity index (χ3v) is 5.07. The SMILES string of the molecule is CC(C)(C)OC(=O)N1CCC(c2ccc(Br)c(C3CC3)c2)C1. The van der Waals surface area contributed by atoms with Crippen LogP contribution >= 0.6 is 15.9 Å². The first-order valence-electron chi connectivity index (χ1n) is 8.11. The molecule has 22 heavy (non-hydrogen) atoms. The van der Waals surface area contributed by atoms with Gasteiger partial charge in [0.25, 0.3) is 0 Å². The summed E-state index contributed by atoms with van der Waals surface area (Å²) in [4.78, 5) is 14.0. The third-order valence-electron chi connectivity index (χ3n) is 4.35. The summed E-state index contributed by atoms with van der Waals surface area (Å²) in [5, 5.41) is 0. The van der Waals surface area contributed by atoms with E-state index in [0.29, 0.717) is 5.92 Å². The van der Waals surface area contributed by atoms with Gasteiger partial charge >= 0.3 is 6.09 Å². The second-order valence-electron chi connectivity index (χ2n) is 7.47. The summed E-state index contributed by atoms with van der Waals surface area (Å²) in [6.45, 7) is 7.29. The van der Waals surface area contributed by atoms with Crippen molar-refractivity contribution < 1.29 is 9.53 Å². The van der Waals surface area contributed by atoms with Crippen molar-refractivity contribution in [1.29, 1.82) is 0 Å². The number of hydrogen-bond donors (Lipinski definition) is 0. The van der Waals surface area contributed by atoms with Crippen molar-refractivity contribution in [3.05, 3.63) is 33.8 Å². The van der Waals surface area contributed by atoms with E-state index < -0.39 is 5.60 Å². The topological polar surface area (TPSA) is 29.5 Å². The van der Waals surface area contributed by atoms with Gasteiger partial charge in [0.05, 0.1) is 0 Å². The number of hydrogen-bond acceptors (Lipinski definition) is 2. The minimum atomic E-state index is -0.425. The normalized spacial score (nSPS) is 22.0. The maximum atomic E-state index is 12.2. The van der Waals surface area contributed by atoms with Crippen LogP contribution in [0.5, 0.6) is 0 Å². The van der Waals surface area contributed by atoms with Crippen LogP contribution in [0.4, 0.5) is 4.79 Å². The number of nitrogens with zero attached hydrogens (tertiary/aromatic N) is 1. The van der Waals surface area contributed by atoms with Gasteiger partial charge in [-0.25, -0.2) is 4.79 Å². The zero-order valence-electron chi connectivity index (χ0n) is 13.6. The quantitative estimate of drug-likeness (QED) is 0.733. The standard InChI is InChI=1S/C18H24BrNO2/c1-18(2,3)22-17(21)20-9-8-14(11-20)13-6-7-16(19)15(10-13)12-4-5-12/h6-7,10,12,14H,4-5,8-9,11H2,1-3H3. The van der Waals surface area contributed by atoms with E-state index in [1.165, 1.54) is 28.4 Å². The van der Waals surface area contributed by atoms with Crippen molar-refractivity contribution in [2.45, 2.75) is 57.5 Å². The van der Waals surface area contributed by atoms with Crippen molar-refractivity contribution in [2.75, 3.05) is 13.1 Å². The number of amides is 1. The Balaban J connectivity index is 1.67. The largest absolute Gasteiger partial charge is 0.444 e. The van der Waals surface area contributed by atoms with Crippen molar-refractivity contribution in [3.63, 3.8) is 0 Å². The zero-order chi connectivity index (χ0) is 15.9. The summed E-state index contributed by atoms with van der Waals surface area (Å²) >= 11 is 3.66. The van der Waals surface area contributed by atoms with Crippen LogP contribution in [0.25, 0.3) is 0 Å². The first kappa shape index (κ1) is 15.9. The van der Waals surface area contributed by atoms with E-state index >= 15 is 0 Å². The first-order chi connectivity index (χ1) is 10.3. The molecule has 1 saturated carbocycles. The monoisotopic (exact) mass is 365 g/mol. The Labute approximate surface area is 141 Å². The van der Waals surface area contributed by atoms with Gasteiger partial charge < -0.3 is 9.64 Å². The number of likely N-dealkylation sites (tertiary alicyclic amines) is 1. The summed E-state index contributed by atoms with van der Waals surface area (Å²) in [5.41, 5.74) is 2.37. The number of ether oxygens (including phenoxy) is 1. The molecule has 1 amide bonds. The molecule has 0 aromatic heterocycles. The maximum Gasteiger partial charge on any atom is 0.410 e. The van der Waals surface area contributed by atoms with Crippen molar-refractivity contribution in [3.8, 4) is 0 Å². The Bertz CT molecular complexity index is 575. The Kier molecular flexibility index (Phi) is 4.23. The molecule has 1 aliphatic heterocycles. The Morgan fingerprint density at radius 2 is 1.95 bits per heavy atom. The lowest BCUT2D eigenvalue weighted by molar-refractivity contribution is 0.0292.